The van der Waals surface area contributed by atoms with Crippen LogP contribution >= 0.6 is 0 Å². The van der Waals surface area contributed by atoms with E-state index in [9.17, 15) is 0 Å². The van der Waals surface area contributed by atoms with Crippen molar-refractivity contribution >= 4 is 5.95 Å². The largest absolute Gasteiger partial charge is 0.381 e. The van der Waals surface area contributed by atoms with E-state index in [4.69, 9.17) is 4.74 Å². The van der Waals surface area contributed by atoms with Gasteiger partial charge in [0.05, 0.1) is 18.8 Å². The van der Waals surface area contributed by atoms with Gasteiger partial charge in [-0.05, 0) is 37.3 Å². The third-order valence-electron chi connectivity index (χ3n) is 4.52. The third kappa shape index (κ3) is 3.52. The summed E-state index contributed by atoms with van der Waals surface area (Å²) in [5, 5.41) is 4.46. The predicted molar refractivity (Wildman–Crippen MR) is 87.1 cm³/mol. The Kier molecular flexibility index (Phi) is 3.99. The van der Waals surface area contributed by atoms with Gasteiger partial charge < -0.3 is 9.64 Å². The van der Waals surface area contributed by atoms with E-state index in [0.717, 1.165) is 50.3 Å². The number of hydrogen-bond acceptors (Lipinski definition) is 5. The minimum atomic E-state index is 0.403. The van der Waals surface area contributed by atoms with Crippen molar-refractivity contribution in [1.29, 1.82) is 0 Å². The van der Waals surface area contributed by atoms with Crippen LogP contribution in [0.15, 0.2) is 24.7 Å². The molecule has 3 heterocycles. The molecule has 1 fully saturated rings. The standard InChI is InChI=1S/C17H23N5O/c1-13-6-18-17(19-7-13)21-8-15(12-23-11-14-2-3-14)9-22-16(10-21)4-5-20-22/h4-7,14-15H,2-3,8-12H2,1H3/t15-/m1/s1. The summed E-state index contributed by atoms with van der Waals surface area (Å²) in [7, 11) is 0. The summed E-state index contributed by atoms with van der Waals surface area (Å²) in [5.74, 6) is 2.00. The molecule has 0 aromatic carbocycles. The summed E-state index contributed by atoms with van der Waals surface area (Å²) in [6.07, 6.45) is 8.29. The van der Waals surface area contributed by atoms with Crippen molar-refractivity contribution in [2.45, 2.75) is 32.9 Å². The number of anilines is 1. The van der Waals surface area contributed by atoms with E-state index in [2.05, 4.69) is 30.7 Å². The Morgan fingerprint density at radius 3 is 2.70 bits per heavy atom. The van der Waals surface area contributed by atoms with E-state index in [1.807, 2.05) is 25.5 Å². The molecule has 0 bridgehead atoms. The number of fused-ring (bicyclic) bond motifs is 1. The molecule has 0 N–H and O–H groups in total. The first-order chi connectivity index (χ1) is 11.3. The zero-order valence-corrected chi connectivity index (χ0v) is 13.6. The van der Waals surface area contributed by atoms with Crippen LogP contribution in [0.1, 0.15) is 24.1 Å². The molecule has 6 heteroatoms. The van der Waals surface area contributed by atoms with Gasteiger partial charge in [0.1, 0.15) is 0 Å². The normalized spacial score (nSPS) is 21.1. The molecule has 1 atom stereocenters. The maximum atomic E-state index is 5.94. The van der Waals surface area contributed by atoms with E-state index in [0.29, 0.717) is 5.92 Å². The van der Waals surface area contributed by atoms with Gasteiger partial charge in [-0.25, -0.2) is 9.97 Å². The molecular weight excluding hydrogens is 290 g/mol. The zero-order chi connectivity index (χ0) is 15.6. The van der Waals surface area contributed by atoms with Gasteiger partial charge in [-0.2, -0.15) is 5.10 Å². The van der Waals surface area contributed by atoms with Crippen LogP contribution in [0.4, 0.5) is 5.95 Å². The highest BCUT2D eigenvalue weighted by atomic mass is 16.5. The van der Waals surface area contributed by atoms with E-state index < -0.39 is 0 Å². The van der Waals surface area contributed by atoms with Crippen molar-refractivity contribution in [2.24, 2.45) is 11.8 Å². The molecule has 0 saturated heterocycles. The van der Waals surface area contributed by atoms with Crippen LogP contribution in [0.2, 0.25) is 0 Å². The zero-order valence-electron chi connectivity index (χ0n) is 13.6. The Balaban J connectivity index is 1.50. The minimum Gasteiger partial charge on any atom is -0.381 e. The van der Waals surface area contributed by atoms with Gasteiger partial charge in [0.15, 0.2) is 0 Å². The van der Waals surface area contributed by atoms with Gasteiger partial charge in [-0.15, -0.1) is 0 Å². The van der Waals surface area contributed by atoms with E-state index in [-0.39, 0.29) is 0 Å². The van der Waals surface area contributed by atoms with E-state index in [1.165, 1.54) is 18.5 Å². The fourth-order valence-electron chi connectivity index (χ4n) is 3.03. The van der Waals surface area contributed by atoms with Crippen LogP contribution < -0.4 is 4.90 Å². The predicted octanol–water partition coefficient (Wildman–Crippen LogP) is 2.04. The molecule has 0 amide bonds. The fourth-order valence-corrected chi connectivity index (χ4v) is 3.03. The Labute approximate surface area is 136 Å². The summed E-state index contributed by atoms with van der Waals surface area (Å²) >= 11 is 0. The van der Waals surface area contributed by atoms with Gasteiger partial charge in [-0.1, -0.05) is 0 Å². The molecule has 0 radical (unpaired) electrons. The van der Waals surface area contributed by atoms with Crippen molar-refractivity contribution in [2.75, 3.05) is 24.7 Å². The topological polar surface area (TPSA) is 56.1 Å². The molecular formula is C17H23N5O. The summed E-state index contributed by atoms with van der Waals surface area (Å²) < 4.78 is 8.04. The second-order valence-corrected chi connectivity index (χ2v) is 6.79. The SMILES string of the molecule is Cc1cnc(N2Cc3ccnn3C[C@H](COCC3CC3)C2)nc1. The van der Waals surface area contributed by atoms with Crippen molar-refractivity contribution < 1.29 is 4.74 Å². The lowest BCUT2D eigenvalue weighted by Crippen LogP contribution is -2.31. The van der Waals surface area contributed by atoms with Crippen molar-refractivity contribution in [3.63, 3.8) is 0 Å². The average molecular weight is 313 g/mol. The molecule has 23 heavy (non-hydrogen) atoms. The van der Waals surface area contributed by atoms with Crippen LogP contribution in [0.25, 0.3) is 0 Å². The van der Waals surface area contributed by atoms with Crippen LogP contribution in [-0.4, -0.2) is 39.5 Å². The molecule has 6 nitrogen and oxygen atoms in total. The first-order valence-corrected chi connectivity index (χ1v) is 8.40. The number of aryl methyl sites for hydroxylation is 1. The van der Waals surface area contributed by atoms with Crippen LogP contribution in [-0.2, 0) is 17.8 Å². The number of aromatic nitrogens is 4. The second-order valence-electron chi connectivity index (χ2n) is 6.79. The fraction of sp³-hybridized carbons (Fsp3) is 0.588. The quantitative estimate of drug-likeness (QED) is 0.845. The highest BCUT2D eigenvalue weighted by Crippen LogP contribution is 2.29. The Hall–Kier alpha value is -1.95. The molecule has 1 saturated carbocycles. The monoisotopic (exact) mass is 313 g/mol. The lowest BCUT2D eigenvalue weighted by molar-refractivity contribution is 0.0871. The molecule has 2 aromatic heterocycles. The maximum absolute atomic E-state index is 5.94. The molecule has 4 rings (SSSR count). The van der Waals surface area contributed by atoms with Gasteiger partial charge in [-0.3, -0.25) is 4.68 Å². The lowest BCUT2D eigenvalue weighted by atomic mass is 10.1. The van der Waals surface area contributed by atoms with Gasteiger partial charge in [0, 0.05) is 44.2 Å². The first-order valence-electron chi connectivity index (χ1n) is 8.40. The maximum Gasteiger partial charge on any atom is 0.225 e. The van der Waals surface area contributed by atoms with Gasteiger partial charge >= 0.3 is 0 Å². The van der Waals surface area contributed by atoms with Crippen LogP contribution in [0.5, 0.6) is 0 Å². The Morgan fingerprint density at radius 2 is 1.91 bits per heavy atom. The first kappa shape index (κ1) is 14.6. The Bertz CT molecular complexity index is 649. The second kappa shape index (κ2) is 6.28. The third-order valence-corrected chi connectivity index (χ3v) is 4.52. The molecule has 0 spiro atoms. The summed E-state index contributed by atoms with van der Waals surface area (Å²) in [6, 6.07) is 2.08. The molecule has 1 aliphatic heterocycles. The van der Waals surface area contributed by atoms with Gasteiger partial charge in [0.25, 0.3) is 0 Å². The molecule has 0 unspecified atom stereocenters. The summed E-state index contributed by atoms with van der Waals surface area (Å²) in [6.45, 7) is 6.28. The molecule has 2 aromatic rings. The molecule has 1 aliphatic carbocycles. The number of ether oxygens (including phenoxy) is 1. The summed E-state index contributed by atoms with van der Waals surface area (Å²) in [4.78, 5) is 11.2. The average Bonchev–Trinajstić information content (AvgIpc) is 3.30. The highest BCUT2D eigenvalue weighted by Gasteiger charge is 2.26. The van der Waals surface area contributed by atoms with E-state index in [1.54, 1.807) is 0 Å². The van der Waals surface area contributed by atoms with Crippen molar-refractivity contribution in [1.82, 2.24) is 19.7 Å². The smallest absolute Gasteiger partial charge is 0.225 e. The molecule has 122 valence electrons. The summed E-state index contributed by atoms with van der Waals surface area (Å²) in [5.41, 5.74) is 2.29. The van der Waals surface area contributed by atoms with Crippen LogP contribution in [0, 0.1) is 18.8 Å². The Morgan fingerprint density at radius 1 is 1.13 bits per heavy atom. The number of hydrogen-bond donors (Lipinski definition) is 0. The minimum absolute atomic E-state index is 0.403. The lowest BCUT2D eigenvalue weighted by Gasteiger charge is -2.24. The van der Waals surface area contributed by atoms with Crippen molar-refractivity contribution in [3.05, 3.63) is 35.9 Å². The molecule has 2 aliphatic rings. The van der Waals surface area contributed by atoms with Crippen LogP contribution in [0.3, 0.4) is 0 Å². The van der Waals surface area contributed by atoms with Gasteiger partial charge in [0.2, 0.25) is 5.95 Å². The van der Waals surface area contributed by atoms with E-state index >= 15 is 0 Å². The highest BCUT2D eigenvalue weighted by molar-refractivity contribution is 5.31. The van der Waals surface area contributed by atoms with Crippen molar-refractivity contribution in [3.8, 4) is 0 Å². The number of nitrogens with zero attached hydrogens (tertiary/aromatic N) is 5. The number of rotatable bonds is 5.